The van der Waals surface area contributed by atoms with Gasteiger partial charge < -0.3 is 0 Å². The van der Waals surface area contributed by atoms with Crippen LogP contribution < -0.4 is 0 Å². The summed E-state index contributed by atoms with van der Waals surface area (Å²) in [6, 6.07) is 0. The van der Waals surface area contributed by atoms with Gasteiger partial charge >= 0.3 is 0 Å². The predicted molar refractivity (Wildman–Crippen MR) is 76.5 cm³/mol. The molecule has 2 fully saturated rings. The molecule has 0 saturated heterocycles. The first-order chi connectivity index (χ1) is 8.48. The summed E-state index contributed by atoms with van der Waals surface area (Å²) >= 11 is 0. The van der Waals surface area contributed by atoms with Crippen molar-refractivity contribution in [3.8, 4) is 0 Å². The fourth-order valence-corrected chi connectivity index (χ4v) is 3.96. The topological polar surface area (TPSA) is 17.1 Å². The maximum absolute atomic E-state index is 12.5. The third-order valence-electron chi connectivity index (χ3n) is 5.36. The van der Waals surface area contributed by atoms with Gasteiger partial charge in [-0.25, -0.2) is 0 Å². The SMILES string of the molecule is CC(C)(C)C1CCC(C(=O)C2CCCCC2)CC1. The largest absolute Gasteiger partial charge is 0.299 e. The number of Topliss-reactive ketones (excluding diaryl/α,β-unsaturated/α-hetero) is 1. The summed E-state index contributed by atoms with van der Waals surface area (Å²) < 4.78 is 0. The molecule has 18 heavy (non-hydrogen) atoms. The molecule has 2 aliphatic carbocycles. The first-order valence-electron chi connectivity index (χ1n) is 8.02. The number of carbonyl (C=O) groups excluding carboxylic acids is 1. The van der Waals surface area contributed by atoms with E-state index in [0.717, 1.165) is 18.8 Å². The molecule has 0 amide bonds. The molecule has 2 saturated carbocycles. The molecule has 0 heterocycles. The zero-order chi connectivity index (χ0) is 13.2. The molecule has 0 aliphatic heterocycles. The van der Waals surface area contributed by atoms with Crippen LogP contribution in [0.4, 0.5) is 0 Å². The van der Waals surface area contributed by atoms with Crippen molar-refractivity contribution in [3.63, 3.8) is 0 Å². The average Bonchev–Trinajstić information content (AvgIpc) is 2.38. The van der Waals surface area contributed by atoms with Crippen LogP contribution in [0.5, 0.6) is 0 Å². The van der Waals surface area contributed by atoms with E-state index in [4.69, 9.17) is 0 Å². The van der Waals surface area contributed by atoms with E-state index in [-0.39, 0.29) is 0 Å². The van der Waals surface area contributed by atoms with Gasteiger partial charge in [-0.3, -0.25) is 4.79 Å². The molecule has 0 aromatic heterocycles. The standard InChI is InChI=1S/C17H30O/c1-17(2,3)15-11-9-14(10-12-15)16(18)13-7-5-4-6-8-13/h13-15H,4-12H2,1-3H3. The normalized spacial score (nSPS) is 31.3. The number of rotatable bonds is 2. The Labute approximate surface area is 113 Å². The van der Waals surface area contributed by atoms with Crippen molar-refractivity contribution < 1.29 is 4.79 Å². The van der Waals surface area contributed by atoms with Crippen LogP contribution in [0, 0.1) is 23.2 Å². The molecule has 2 aliphatic rings. The van der Waals surface area contributed by atoms with Gasteiger partial charge in [0.15, 0.2) is 0 Å². The fourth-order valence-electron chi connectivity index (χ4n) is 3.96. The molecule has 1 nitrogen and oxygen atoms in total. The monoisotopic (exact) mass is 250 g/mol. The summed E-state index contributed by atoms with van der Waals surface area (Å²) in [5.74, 6) is 2.29. The van der Waals surface area contributed by atoms with E-state index in [1.165, 1.54) is 44.9 Å². The van der Waals surface area contributed by atoms with Crippen LogP contribution in [0.2, 0.25) is 0 Å². The maximum Gasteiger partial charge on any atom is 0.139 e. The molecular weight excluding hydrogens is 220 g/mol. The van der Waals surface area contributed by atoms with Crippen molar-refractivity contribution in [2.75, 3.05) is 0 Å². The number of hydrogen-bond donors (Lipinski definition) is 0. The van der Waals surface area contributed by atoms with E-state index >= 15 is 0 Å². The third-order valence-corrected chi connectivity index (χ3v) is 5.36. The fraction of sp³-hybridized carbons (Fsp3) is 0.941. The summed E-state index contributed by atoms with van der Waals surface area (Å²) in [7, 11) is 0. The highest BCUT2D eigenvalue weighted by Crippen LogP contribution is 2.41. The molecule has 0 bridgehead atoms. The first-order valence-corrected chi connectivity index (χ1v) is 8.02. The van der Waals surface area contributed by atoms with Gasteiger partial charge in [0.05, 0.1) is 0 Å². The van der Waals surface area contributed by atoms with E-state index in [1.54, 1.807) is 0 Å². The van der Waals surface area contributed by atoms with Gasteiger partial charge in [-0.1, -0.05) is 40.0 Å². The third kappa shape index (κ3) is 3.36. The van der Waals surface area contributed by atoms with Gasteiger partial charge in [0.1, 0.15) is 5.78 Å². The molecule has 104 valence electrons. The van der Waals surface area contributed by atoms with Crippen molar-refractivity contribution in [3.05, 3.63) is 0 Å². The quantitative estimate of drug-likeness (QED) is 0.675. The van der Waals surface area contributed by atoms with Gasteiger partial charge in [-0.05, 0) is 49.9 Å². The Morgan fingerprint density at radius 2 is 1.28 bits per heavy atom. The molecule has 0 unspecified atom stereocenters. The van der Waals surface area contributed by atoms with Crippen molar-refractivity contribution in [2.45, 2.75) is 78.6 Å². The summed E-state index contributed by atoms with van der Waals surface area (Å²) in [6.07, 6.45) is 11.1. The van der Waals surface area contributed by atoms with Gasteiger partial charge in [0, 0.05) is 11.8 Å². The highest BCUT2D eigenvalue weighted by atomic mass is 16.1. The second-order valence-electron chi connectivity index (χ2n) is 7.65. The zero-order valence-corrected chi connectivity index (χ0v) is 12.5. The van der Waals surface area contributed by atoms with Crippen LogP contribution in [-0.4, -0.2) is 5.78 Å². The molecule has 0 radical (unpaired) electrons. The van der Waals surface area contributed by atoms with E-state index in [1.807, 2.05) is 0 Å². The Hall–Kier alpha value is -0.330. The Bertz CT molecular complexity index is 272. The molecule has 0 spiro atoms. The lowest BCUT2D eigenvalue weighted by Gasteiger charge is -2.37. The van der Waals surface area contributed by atoms with Gasteiger partial charge in [-0.2, -0.15) is 0 Å². The number of carbonyl (C=O) groups is 1. The highest BCUT2D eigenvalue weighted by Gasteiger charge is 2.34. The van der Waals surface area contributed by atoms with E-state index in [2.05, 4.69) is 20.8 Å². The van der Waals surface area contributed by atoms with Crippen LogP contribution in [0.1, 0.15) is 78.6 Å². The molecule has 0 aromatic rings. The summed E-state index contributed by atoms with van der Waals surface area (Å²) in [6.45, 7) is 7.04. The summed E-state index contributed by atoms with van der Waals surface area (Å²) in [4.78, 5) is 12.5. The van der Waals surface area contributed by atoms with Gasteiger partial charge in [0.25, 0.3) is 0 Å². The van der Waals surface area contributed by atoms with Crippen molar-refractivity contribution in [2.24, 2.45) is 23.2 Å². The second-order valence-corrected chi connectivity index (χ2v) is 7.65. The zero-order valence-electron chi connectivity index (χ0n) is 12.5. The van der Waals surface area contributed by atoms with E-state index in [9.17, 15) is 4.79 Å². The minimum absolute atomic E-state index is 0.409. The lowest BCUT2D eigenvalue weighted by Crippen LogP contribution is -2.32. The molecular formula is C17H30O. The molecule has 2 rings (SSSR count). The maximum atomic E-state index is 12.5. The Kier molecular flexibility index (Phi) is 4.50. The second kappa shape index (κ2) is 5.75. The highest BCUT2D eigenvalue weighted by molar-refractivity contribution is 5.83. The van der Waals surface area contributed by atoms with Crippen molar-refractivity contribution in [1.82, 2.24) is 0 Å². The van der Waals surface area contributed by atoms with Crippen LogP contribution >= 0.6 is 0 Å². The Balaban J connectivity index is 1.83. The average molecular weight is 250 g/mol. The molecule has 0 atom stereocenters. The van der Waals surface area contributed by atoms with E-state index < -0.39 is 0 Å². The number of ketones is 1. The minimum Gasteiger partial charge on any atom is -0.299 e. The summed E-state index contributed by atoms with van der Waals surface area (Å²) in [5, 5.41) is 0. The molecule has 0 N–H and O–H groups in total. The first kappa shape index (κ1) is 14.1. The van der Waals surface area contributed by atoms with Crippen molar-refractivity contribution >= 4 is 5.78 Å². The Morgan fingerprint density at radius 1 is 0.778 bits per heavy atom. The number of hydrogen-bond acceptors (Lipinski definition) is 1. The lowest BCUT2D eigenvalue weighted by atomic mass is 9.67. The molecule has 0 aromatic carbocycles. The molecule has 1 heteroatoms. The van der Waals surface area contributed by atoms with Crippen LogP contribution in [0.15, 0.2) is 0 Å². The lowest BCUT2D eigenvalue weighted by molar-refractivity contribution is -0.129. The van der Waals surface area contributed by atoms with Crippen LogP contribution in [-0.2, 0) is 4.79 Å². The van der Waals surface area contributed by atoms with Crippen LogP contribution in [0.25, 0.3) is 0 Å². The van der Waals surface area contributed by atoms with Gasteiger partial charge in [-0.15, -0.1) is 0 Å². The summed E-state index contributed by atoms with van der Waals surface area (Å²) in [5.41, 5.74) is 0.429. The van der Waals surface area contributed by atoms with Crippen molar-refractivity contribution in [1.29, 1.82) is 0 Å². The predicted octanol–water partition coefficient (Wildman–Crippen LogP) is 4.99. The van der Waals surface area contributed by atoms with E-state index in [0.29, 0.717) is 23.0 Å². The smallest absolute Gasteiger partial charge is 0.139 e. The minimum atomic E-state index is 0.409. The Morgan fingerprint density at radius 3 is 1.78 bits per heavy atom. The van der Waals surface area contributed by atoms with Gasteiger partial charge in [0.2, 0.25) is 0 Å². The van der Waals surface area contributed by atoms with Crippen LogP contribution in [0.3, 0.4) is 0 Å².